The van der Waals surface area contributed by atoms with Crippen molar-refractivity contribution in [3.63, 3.8) is 0 Å². The Morgan fingerprint density at radius 1 is 0.955 bits per heavy atom. The predicted octanol–water partition coefficient (Wildman–Crippen LogP) is 2.18. The number of carbonyl (C=O) groups is 3. The average molecular weight is 296 g/mol. The first kappa shape index (κ1) is 13.8. The topological polar surface area (TPSA) is 75.7 Å². The van der Waals surface area contributed by atoms with Crippen LogP contribution in [0.25, 0.3) is 0 Å². The number of rotatable bonds is 3. The van der Waals surface area contributed by atoms with E-state index in [1.807, 2.05) is 0 Å². The van der Waals surface area contributed by atoms with Gasteiger partial charge in [-0.1, -0.05) is 36.4 Å². The van der Waals surface area contributed by atoms with E-state index in [4.69, 9.17) is 4.74 Å². The molecule has 1 atom stereocenters. The molecule has 1 saturated heterocycles. The Labute approximate surface area is 126 Å². The Hall–Kier alpha value is -3.15. The lowest BCUT2D eigenvalue weighted by molar-refractivity contribution is -0.132. The Balaban J connectivity index is 1.78. The molecule has 0 aliphatic carbocycles. The number of hydrogen-bond acceptors (Lipinski definition) is 4. The van der Waals surface area contributed by atoms with Crippen molar-refractivity contribution in [2.24, 2.45) is 0 Å². The van der Waals surface area contributed by atoms with Gasteiger partial charge in [0.25, 0.3) is 17.9 Å². The second-order valence-corrected chi connectivity index (χ2v) is 4.63. The molecule has 0 spiro atoms. The van der Waals surface area contributed by atoms with Crippen molar-refractivity contribution < 1.29 is 19.1 Å². The van der Waals surface area contributed by atoms with E-state index in [-0.39, 0.29) is 0 Å². The molecule has 3 amide bonds. The fourth-order valence-electron chi connectivity index (χ4n) is 2.12. The number of nitrogens with zero attached hydrogens (tertiary/aromatic N) is 1. The lowest BCUT2D eigenvalue weighted by atomic mass is 10.2. The van der Waals surface area contributed by atoms with Gasteiger partial charge in [-0.3, -0.25) is 9.59 Å². The molecule has 6 heteroatoms. The molecule has 2 aromatic rings. The molecular formula is C16H12N2O4. The zero-order valence-electron chi connectivity index (χ0n) is 11.4. The van der Waals surface area contributed by atoms with Gasteiger partial charge in [-0.2, -0.15) is 0 Å². The number of carbonyl (C=O) groups excluding carboxylic acids is 3. The molecule has 1 aliphatic heterocycles. The third kappa shape index (κ3) is 2.54. The van der Waals surface area contributed by atoms with Crippen LogP contribution in [0, 0.1) is 0 Å². The summed E-state index contributed by atoms with van der Waals surface area (Å²) in [5.74, 6) is -1.38. The molecule has 6 nitrogen and oxygen atoms in total. The van der Waals surface area contributed by atoms with Gasteiger partial charge in [-0.15, -0.1) is 0 Å². The van der Waals surface area contributed by atoms with Crippen LogP contribution >= 0.6 is 0 Å². The van der Waals surface area contributed by atoms with Gasteiger partial charge in [0, 0.05) is 5.69 Å². The smallest absolute Gasteiger partial charge is 0.422 e. The first-order chi connectivity index (χ1) is 10.7. The molecule has 110 valence electrons. The summed E-state index contributed by atoms with van der Waals surface area (Å²) < 4.78 is 4.90. The van der Waals surface area contributed by atoms with Gasteiger partial charge < -0.3 is 10.1 Å². The van der Waals surface area contributed by atoms with Crippen LogP contribution in [-0.2, 0) is 14.3 Å². The fraction of sp³-hybridized carbons (Fsp3) is 0.0625. The summed E-state index contributed by atoms with van der Waals surface area (Å²) in [6.45, 7) is 0. The maximum Gasteiger partial charge on any atom is 0.422 e. The van der Waals surface area contributed by atoms with Gasteiger partial charge in [0.15, 0.2) is 0 Å². The Bertz CT molecular complexity index is 715. The highest BCUT2D eigenvalue weighted by Gasteiger charge is 2.45. The number of para-hydroxylation sites is 2. The van der Waals surface area contributed by atoms with Crippen LogP contribution in [0.15, 0.2) is 60.7 Å². The standard InChI is InChI=1S/C16H12N2O4/c19-14(17-11-7-3-1-4-8-11)13-15(20)18(16(21)22-13)12-9-5-2-6-10-12/h1-10,13H,(H,17,19). The lowest BCUT2D eigenvalue weighted by Gasteiger charge is -2.10. The van der Waals surface area contributed by atoms with Crippen molar-refractivity contribution >= 4 is 29.3 Å². The Morgan fingerprint density at radius 2 is 1.55 bits per heavy atom. The third-order valence-corrected chi connectivity index (χ3v) is 3.14. The first-order valence-electron chi connectivity index (χ1n) is 6.62. The number of imide groups is 1. The number of nitrogens with one attached hydrogen (secondary N) is 1. The van der Waals surface area contributed by atoms with E-state index in [1.54, 1.807) is 60.7 Å². The molecule has 22 heavy (non-hydrogen) atoms. The molecule has 0 radical (unpaired) electrons. The highest BCUT2D eigenvalue weighted by molar-refractivity contribution is 6.26. The molecule has 0 saturated carbocycles. The van der Waals surface area contributed by atoms with Crippen LogP contribution in [0.3, 0.4) is 0 Å². The molecule has 1 N–H and O–H groups in total. The Kier molecular flexibility index (Phi) is 3.57. The summed E-state index contributed by atoms with van der Waals surface area (Å²) >= 11 is 0. The monoisotopic (exact) mass is 296 g/mol. The van der Waals surface area contributed by atoms with Gasteiger partial charge in [-0.25, -0.2) is 9.69 Å². The maximum atomic E-state index is 12.3. The highest BCUT2D eigenvalue weighted by Crippen LogP contribution is 2.23. The van der Waals surface area contributed by atoms with E-state index in [0.717, 1.165) is 4.90 Å². The number of ether oxygens (including phenoxy) is 1. The van der Waals surface area contributed by atoms with E-state index in [1.165, 1.54) is 0 Å². The minimum absolute atomic E-state index is 0.368. The van der Waals surface area contributed by atoms with Gasteiger partial charge in [0.05, 0.1) is 5.69 Å². The number of anilines is 2. The average Bonchev–Trinajstić information content (AvgIpc) is 2.84. The predicted molar refractivity (Wildman–Crippen MR) is 79.3 cm³/mol. The quantitative estimate of drug-likeness (QED) is 0.881. The molecule has 1 heterocycles. The van der Waals surface area contributed by atoms with Crippen molar-refractivity contribution in [3.05, 3.63) is 60.7 Å². The summed E-state index contributed by atoms with van der Waals surface area (Å²) in [6.07, 6.45) is -2.34. The van der Waals surface area contributed by atoms with Crippen molar-refractivity contribution in [1.29, 1.82) is 0 Å². The SMILES string of the molecule is O=C(Nc1ccccc1)C1OC(=O)N(c2ccccc2)C1=O. The van der Waals surface area contributed by atoms with E-state index in [9.17, 15) is 14.4 Å². The number of cyclic esters (lactones) is 1. The van der Waals surface area contributed by atoms with Crippen LogP contribution in [-0.4, -0.2) is 24.0 Å². The minimum Gasteiger partial charge on any atom is -0.425 e. The van der Waals surface area contributed by atoms with Gasteiger partial charge in [0.2, 0.25) is 0 Å². The number of benzene rings is 2. The van der Waals surface area contributed by atoms with Crippen LogP contribution in [0.4, 0.5) is 16.2 Å². The molecule has 2 aromatic carbocycles. The van der Waals surface area contributed by atoms with Crippen molar-refractivity contribution in [2.45, 2.75) is 6.10 Å². The number of hydrogen-bond donors (Lipinski definition) is 1. The molecule has 0 bridgehead atoms. The van der Waals surface area contributed by atoms with E-state index in [0.29, 0.717) is 11.4 Å². The van der Waals surface area contributed by atoms with Crippen LogP contribution < -0.4 is 10.2 Å². The summed E-state index contributed by atoms with van der Waals surface area (Å²) in [4.78, 5) is 37.1. The van der Waals surface area contributed by atoms with E-state index < -0.39 is 24.0 Å². The molecule has 1 unspecified atom stereocenters. The van der Waals surface area contributed by atoms with Crippen molar-refractivity contribution in [1.82, 2.24) is 0 Å². The lowest BCUT2D eigenvalue weighted by Crippen LogP contribution is -2.37. The maximum absolute atomic E-state index is 12.3. The molecule has 3 rings (SSSR count). The van der Waals surface area contributed by atoms with E-state index >= 15 is 0 Å². The van der Waals surface area contributed by atoms with Crippen molar-refractivity contribution in [2.75, 3.05) is 10.2 Å². The second-order valence-electron chi connectivity index (χ2n) is 4.63. The highest BCUT2D eigenvalue weighted by atomic mass is 16.6. The second kappa shape index (κ2) is 5.69. The van der Waals surface area contributed by atoms with Crippen LogP contribution in [0.5, 0.6) is 0 Å². The Morgan fingerprint density at radius 3 is 2.18 bits per heavy atom. The van der Waals surface area contributed by atoms with Gasteiger partial charge in [-0.05, 0) is 24.3 Å². The van der Waals surface area contributed by atoms with Crippen LogP contribution in [0.2, 0.25) is 0 Å². The van der Waals surface area contributed by atoms with E-state index in [2.05, 4.69) is 5.32 Å². The largest absolute Gasteiger partial charge is 0.425 e. The van der Waals surface area contributed by atoms with Crippen LogP contribution in [0.1, 0.15) is 0 Å². The molecule has 1 fully saturated rings. The summed E-state index contributed by atoms with van der Waals surface area (Å²) in [5.41, 5.74) is 0.891. The summed E-state index contributed by atoms with van der Waals surface area (Å²) in [5, 5.41) is 2.54. The summed E-state index contributed by atoms with van der Waals surface area (Å²) in [7, 11) is 0. The summed E-state index contributed by atoms with van der Waals surface area (Å²) in [6, 6.07) is 17.0. The van der Waals surface area contributed by atoms with Gasteiger partial charge in [0.1, 0.15) is 0 Å². The van der Waals surface area contributed by atoms with Gasteiger partial charge >= 0.3 is 6.09 Å². The molecule has 0 aromatic heterocycles. The molecule has 1 aliphatic rings. The zero-order valence-corrected chi connectivity index (χ0v) is 11.4. The molecular weight excluding hydrogens is 284 g/mol. The minimum atomic E-state index is -1.48. The fourth-order valence-corrected chi connectivity index (χ4v) is 2.12. The third-order valence-electron chi connectivity index (χ3n) is 3.14. The number of amides is 3. The van der Waals surface area contributed by atoms with Crippen molar-refractivity contribution in [3.8, 4) is 0 Å². The zero-order chi connectivity index (χ0) is 15.5. The first-order valence-corrected chi connectivity index (χ1v) is 6.62. The normalized spacial score (nSPS) is 17.3.